The number of carbonyl (C=O) groups excluding carboxylic acids is 2. The van der Waals surface area contributed by atoms with Crippen molar-refractivity contribution in [3.8, 4) is 5.75 Å². The van der Waals surface area contributed by atoms with Crippen LogP contribution in [0.1, 0.15) is 28.8 Å². The highest BCUT2D eigenvalue weighted by Gasteiger charge is 2.27. The Balaban J connectivity index is 1.55. The molecule has 1 saturated heterocycles. The molecule has 4 nitrogen and oxygen atoms in total. The van der Waals surface area contributed by atoms with E-state index >= 15 is 0 Å². The zero-order valence-electron chi connectivity index (χ0n) is 15.5. The fourth-order valence-electron chi connectivity index (χ4n) is 3.24. The number of methoxy groups -OCH3 is 1. The number of amides is 1. The van der Waals surface area contributed by atoms with Crippen molar-refractivity contribution in [3.05, 3.63) is 70.5 Å². The molecule has 1 heterocycles. The number of likely N-dealkylation sites (tertiary alicyclic amines) is 1. The molecule has 28 heavy (non-hydrogen) atoms. The summed E-state index contributed by atoms with van der Waals surface area (Å²) in [6.45, 7) is 1.06. The minimum Gasteiger partial charge on any atom is -0.497 e. The van der Waals surface area contributed by atoms with Gasteiger partial charge in [-0.25, -0.2) is 4.39 Å². The number of piperidine rings is 1. The Morgan fingerprint density at radius 3 is 2.43 bits per heavy atom. The second-order valence-corrected chi connectivity index (χ2v) is 7.11. The number of hydrogen-bond donors (Lipinski definition) is 0. The largest absolute Gasteiger partial charge is 0.497 e. The van der Waals surface area contributed by atoms with Crippen molar-refractivity contribution in [2.45, 2.75) is 12.8 Å². The van der Waals surface area contributed by atoms with E-state index in [2.05, 4.69) is 0 Å². The maximum atomic E-state index is 13.2. The lowest BCUT2D eigenvalue weighted by Gasteiger charge is -2.30. The topological polar surface area (TPSA) is 46.6 Å². The Labute approximate surface area is 168 Å². The van der Waals surface area contributed by atoms with Gasteiger partial charge < -0.3 is 9.64 Å². The summed E-state index contributed by atoms with van der Waals surface area (Å²) >= 11 is 5.75. The first-order chi connectivity index (χ1) is 13.5. The Morgan fingerprint density at radius 2 is 1.82 bits per heavy atom. The number of nitrogens with zero attached hydrogens (tertiary/aromatic N) is 1. The van der Waals surface area contributed by atoms with E-state index in [0.717, 1.165) is 0 Å². The number of ether oxygens (including phenoxy) is 1. The van der Waals surface area contributed by atoms with E-state index in [1.807, 2.05) is 0 Å². The van der Waals surface area contributed by atoms with Crippen LogP contribution in [-0.2, 0) is 4.79 Å². The zero-order valence-corrected chi connectivity index (χ0v) is 16.3. The average Bonchev–Trinajstić information content (AvgIpc) is 2.74. The Morgan fingerprint density at radius 1 is 1.14 bits per heavy atom. The van der Waals surface area contributed by atoms with Gasteiger partial charge in [-0.1, -0.05) is 17.7 Å². The van der Waals surface area contributed by atoms with Gasteiger partial charge in [-0.15, -0.1) is 0 Å². The lowest BCUT2D eigenvalue weighted by molar-refractivity contribution is -0.127. The first kappa shape index (κ1) is 20.1. The third-order valence-corrected chi connectivity index (χ3v) is 5.20. The first-order valence-electron chi connectivity index (χ1n) is 9.08. The molecule has 146 valence electrons. The molecule has 0 bridgehead atoms. The third kappa shape index (κ3) is 4.78. The normalized spacial score (nSPS) is 15.0. The minimum atomic E-state index is -0.492. The highest BCUT2D eigenvalue weighted by Crippen LogP contribution is 2.23. The summed E-state index contributed by atoms with van der Waals surface area (Å²) in [6.07, 6.45) is 4.33. The molecule has 3 rings (SSSR count). The maximum absolute atomic E-state index is 13.2. The molecule has 2 aromatic carbocycles. The van der Waals surface area contributed by atoms with Crippen molar-refractivity contribution in [2.75, 3.05) is 20.2 Å². The lowest BCUT2D eigenvalue weighted by atomic mass is 9.89. The van der Waals surface area contributed by atoms with Crippen molar-refractivity contribution >= 4 is 29.4 Å². The second-order valence-electron chi connectivity index (χ2n) is 6.70. The van der Waals surface area contributed by atoms with Gasteiger partial charge in [0.1, 0.15) is 11.6 Å². The molecule has 0 unspecified atom stereocenters. The zero-order chi connectivity index (χ0) is 20.1. The molecular formula is C22H21ClFNO3. The number of rotatable bonds is 5. The van der Waals surface area contributed by atoms with E-state index in [1.165, 1.54) is 18.2 Å². The van der Waals surface area contributed by atoms with Crippen LogP contribution in [0, 0.1) is 11.7 Å². The molecule has 0 spiro atoms. The number of hydrogen-bond acceptors (Lipinski definition) is 3. The highest BCUT2D eigenvalue weighted by molar-refractivity contribution is 6.30. The molecule has 1 aliphatic heterocycles. The SMILES string of the molecule is COc1ccc(C(=O)C2CCN(C(=O)/C=C/c3ccc(F)c(Cl)c3)CC2)cc1. The summed E-state index contributed by atoms with van der Waals surface area (Å²) in [6, 6.07) is 11.4. The second kappa shape index (κ2) is 9.02. The number of carbonyl (C=O) groups is 2. The van der Waals surface area contributed by atoms with Gasteiger partial charge in [0.2, 0.25) is 5.91 Å². The number of halogens is 2. The van der Waals surface area contributed by atoms with E-state index in [-0.39, 0.29) is 22.6 Å². The molecule has 0 N–H and O–H groups in total. The average molecular weight is 402 g/mol. The predicted molar refractivity (Wildman–Crippen MR) is 107 cm³/mol. The van der Waals surface area contributed by atoms with Crippen LogP contribution in [0.4, 0.5) is 4.39 Å². The highest BCUT2D eigenvalue weighted by atomic mass is 35.5. The molecule has 0 aliphatic carbocycles. The standard InChI is InChI=1S/C22H21ClFNO3/c1-28-18-6-4-16(5-7-18)22(27)17-10-12-25(13-11-17)21(26)9-3-15-2-8-20(24)19(23)14-15/h2-9,14,17H,10-13H2,1H3/b9-3+. The smallest absolute Gasteiger partial charge is 0.246 e. The molecule has 0 saturated carbocycles. The van der Waals surface area contributed by atoms with Crippen LogP contribution in [0.15, 0.2) is 48.5 Å². The predicted octanol–water partition coefficient (Wildman–Crippen LogP) is 4.62. The van der Waals surface area contributed by atoms with E-state index in [1.54, 1.807) is 48.4 Å². The van der Waals surface area contributed by atoms with Crippen LogP contribution >= 0.6 is 11.6 Å². The Kier molecular flexibility index (Phi) is 6.47. The Bertz CT molecular complexity index is 887. The van der Waals surface area contributed by atoms with Crippen LogP contribution in [0.2, 0.25) is 5.02 Å². The number of benzene rings is 2. The summed E-state index contributed by atoms with van der Waals surface area (Å²) in [7, 11) is 1.59. The van der Waals surface area contributed by atoms with Crippen LogP contribution < -0.4 is 4.74 Å². The lowest BCUT2D eigenvalue weighted by Crippen LogP contribution is -2.39. The molecule has 2 aromatic rings. The molecule has 0 atom stereocenters. The van der Waals surface area contributed by atoms with Crippen LogP contribution in [-0.4, -0.2) is 36.8 Å². The molecule has 6 heteroatoms. The molecule has 1 fully saturated rings. The summed E-state index contributed by atoms with van der Waals surface area (Å²) < 4.78 is 18.3. The summed E-state index contributed by atoms with van der Waals surface area (Å²) in [4.78, 5) is 26.7. The van der Waals surface area contributed by atoms with Crippen molar-refractivity contribution in [3.63, 3.8) is 0 Å². The van der Waals surface area contributed by atoms with Gasteiger partial charge >= 0.3 is 0 Å². The van der Waals surface area contributed by atoms with Gasteiger partial charge in [-0.05, 0) is 60.9 Å². The minimum absolute atomic E-state index is 0.0208. The van der Waals surface area contributed by atoms with Gasteiger partial charge in [0.15, 0.2) is 5.78 Å². The van der Waals surface area contributed by atoms with E-state index in [4.69, 9.17) is 16.3 Å². The van der Waals surface area contributed by atoms with Crippen molar-refractivity contribution in [1.29, 1.82) is 0 Å². The van der Waals surface area contributed by atoms with E-state index < -0.39 is 5.82 Å². The van der Waals surface area contributed by atoms with Crippen molar-refractivity contribution < 1.29 is 18.7 Å². The van der Waals surface area contributed by atoms with Gasteiger partial charge in [-0.3, -0.25) is 9.59 Å². The number of ketones is 1. The quantitative estimate of drug-likeness (QED) is 0.542. The Hall–Kier alpha value is -2.66. The van der Waals surface area contributed by atoms with Crippen molar-refractivity contribution in [2.24, 2.45) is 5.92 Å². The van der Waals surface area contributed by atoms with Crippen molar-refractivity contribution in [1.82, 2.24) is 4.90 Å². The van der Waals surface area contributed by atoms with Gasteiger partial charge in [0.05, 0.1) is 12.1 Å². The van der Waals surface area contributed by atoms with Crippen LogP contribution in [0.3, 0.4) is 0 Å². The molecule has 0 radical (unpaired) electrons. The maximum Gasteiger partial charge on any atom is 0.246 e. The first-order valence-corrected chi connectivity index (χ1v) is 9.46. The fraction of sp³-hybridized carbons (Fsp3) is 0.273. The van der Waals surface area contributed by atoms with Gasteiger partial charge in [0.25, 0.3) is 0 Å². The van der Waals surface area contributed by atoms with Gasteiger partial charge in [0, 0.05) is 30.6 Å². The van der Waals surface area contributed by atoms with E-state index in [0.29, 0.717) is 42.8 Å². The molecule has 1 aliphatic rings. The summed E-state index contributed by atoms with van der Waals surface area (Å²) in [5.74, 6) is 0.110. The van der Waals surface area contributed by atoms with E-state index in [9.17, 15) is 14.0 Å². The number of Topliss-reactive ketones (excluding diaryl/α,β-unsaturated/α-hetero) is 1. The fourth-order valence-corrected chi connectivity index (χ4v) is 3.43. The summed E-state index contributed by atoms with van der Waals surface area (Å²) in [5.41, 5.74) is 1.32. The third-order valence-electron chi connectivity index (χ3n) is 4.91. The summed E-state index contributed by atoms with van der Waals surface area (Å²) in [5, 5.41) is 0.0208. The molecule has 0 aromatic heterocycles. The molecule has 1 amide bonds. The monoisotopic (exact) mass is 401 g/mol. The van der Waals surface area contributed by atoms with Crippen LogP contribution in [0.5, 0.6) is 5.75 Å². The van der Waals surface area contributed by atoms with Crippen LogP contribution in [0.25, 0.3) is 6.08 Å². The molecular weight excluding hydrogens is 381 g/mol. The van der Waals surface area contributed by atoms with Gasteiger partial charge in [-0.2, -0.15) is 0 Å².